The normalized spacial score (nSPS) is 14.0. The Labute approximate surface area is 165 Å². The van der Waals surface area contributed by atoms with Crippen LogP contribution in [0.25, 0.3) is 0 Å². The van der Waals surface area contributed by atoms with Crippen molar-refractivity contribution in [3.8, 4) is 0 Å². The summed E-state index contributed by atoms with van der Waals surface area (Å²) in [6.07, 6.45) is 6.40. The molecule has 5 nitrogen and oxygen atoms in total. The fourth-order valence-corrected chi connectivity index (χ4v) is 2.53. The average Bonchev–Trinajstić information content (AvgIpc) is 2.59. The standard InChI is InChI=1S/C21H27ClO5/c1-14(6-5-7-15(2)16(3)27-17(4)23)8-9-18-10-12-19(13-11-18)21(25,26)20(22)24/h7-8,10-13,16,25-26H,5-6,9H2,1-4H3/b14-8+,15-7+. The molecule has 6 heteroatoms. The van der Waals surface area contributed by atoms with Gasteiger partial charge in [0.1, 0.15) is 6.10 Å². The molecule has 0 saturated carbocycles. The van der Waals surface area contributed by atoms with Crippen LogP contribution in [0, 0.1) is 0 Å². The third kappa shape index (κ3) is 7.67. The zero-order chi connectivity index (χ0) is 20.6. The van der Waals surface area contributed by atoms with Gasteiger partial charge in [0, 0.05) is 12.5 Å². The van der Waals surface area contributed by atoms with Crippen LogP contribution in [0.3, 0.4) is 0 Å². The van der Waals surface area contributed by atoms with Gasteiger partial charge in [0.05, 0.1) is 0 Å². The summed E-state index contributed by atoms with van der Waals surface area (Å²) in [6.45, 7) is 7.25. The van der Waals surface area contributed by atoms with E-state index < -0.39 is 11.0 Å². The zero-order valence-corrected chi connectivity index (χ0v) is 16.9. The molecule has 0 spiro atoms. The van der Waals surface area contributed by atoms with Gasteiger partial charge in [0.2, 0.25) is 0 Å². The molecule has 0 amide bonds. The largest absolute Gasteiger partial charge is 0.458 e. The molecule has 0 saturated heterocycles. The molecule has 0 aliphatic carbocycles. The first-order chi connectivity index (χ1) is 12.5. The van der Waals surface area contributed by atoms with Gasteiger partial charge in [0.15, 0.2) is 0 Å². The van der Waals surface area contributed by atoms with E-state index in [9.17, 15) is 19.8 Å². The molecule has 0 aliphatic heterocycles. The van der Waals surface area contributed by atoms with Gasteiger partial charge in [-0.2, -0.15) is 0 Å². The summed E-state index contributed by atoms with van der Waals surface area (Å²) in [5.41, 5.74) is 3.26. The second kappa shape index (κ2) is 10.4. The monoisotopic (exact) mass is 394 g/mol. The van der Waals surface area contributed by atoms with Crippen LogP contribution in [-0.4, -0.2) is 27.5 Å². The number of benzene rings is 1. The zero-order valence-electron chi connectivity index (χ0n) is 16.2. The fourth-order valence-electron chi connectivity index (χ4n) is 2.42. The predicted octanol–water partition coefficient (Wildman–Crippen LogP) is 3.76. The summed E-state index contributed by atoms with van der Waals surface area (Å²) in [4.78, 5) is 22.0. The van der Waals surface area contributed by atoms with Crippen molar-refractivity contribution in [2.24, 2.45) is 0 Å². The number of rotatable bonds is 9. The molecule has 1 aromatic rings. The Morgan fingerprint density at radius 3 is 2.26 bits per heavy atom. The smallest absolute Gasteiger partial charge is 0.303 e. The maximum atomic E-state index is 11.0. The third-order valence-corrected chi connectivity index (χ3v) is 4.57. The van der Waals surface area contributed by atoms with Crippen molar-refractivity contribution in [1.29, 1.82) is 0 Å². The van der Waals surface area contributed by atoms with E-state index in [0.29, 0.717) is 6.42 Å². The van der Waals surface area contributed by atoms with E-state index in [1.807, 2.05) is 20.8 Å². The van der Waals surface area contributed by atoms with Crippen LogP contribution in [0.4, 0.5) is 0 Å². The second-order valence-electron chi connectivity index (χ2n) is 6.64. The lowest BCUT2D eigenvalue weighted by molar-refractivity contribution is -0.178. The number of halogens is 1. The van der Waals surface area contributed by atoms with Crippen molar-refractivity contribution >= 4 is 22.8 Å². The molecule has 0 fully saturated rings. The van der Waals surface area contributed by atoms with Gasteiger partial charge >= 0.3 is 5.97 Å². The Morgan fingerprint density at radius 1 is 1.15 bits per heavy atom. The van der Waals surface area contributed by atoms with E-state index >= 15 is 0 Å². The number of hydrogen-bond acceptors (Lipinski definition) is 5. The lowest BCUT2D eigenvalue weighted by Crippen LogP contribution is -2.31. The summed E-state index contributed by atoms with van der Waals surface area (Å²) in [5, 5.41) is 18.0. The molecule has 2 N–H and O–H groups in total. The summed E-state index contributed by atoms with van der Waals surface area (Å²) in [6, 6.07) is 6.40. The number of esters is 1. The van der Waals surface area contributed by atoms with Gasteiger partial charge < -0.3 is 14.9 Å². The van der Waals surface area contributed by atoms with Crippen molar-refractivity contribution < 1.29 is 24.5 Å². The average molecular weight is 395 g/mol. The predicted molar refractivity (Wildman–Crippen MR) is 105 cm³/mol. The maximum Gasteiger partial charge on any atom is 0.303 e. The van der Waals surface area contributed by atoms with E-state index in [2.05, 4.69) is 12.2 Å². The van der Waals surface area contributed by atoms with Gasteiger partial charge in [-0.05, 0) is 62.8 Å². The molecule has 0 bridgehead atoms. The van der Waals surface area contributed by atoms with Crippen LogP contribution in [0.2, 0.25) is 0 Å². The molecule has 1 unspecified atom stereocenters. The van der Waals surface area contributed by atoms with E-state index in [0.717, 1.165) is 24.0 Å². The molecule has 0 aliphatic rings. The third-order valence-electron chi connectivity index (χ3n) is 4.31. The minimum Gasteiger partial charge on any atom is -0.458 e. The first-order valence-corrected chi connectivity index (χ1v) is 9.15. The topological polar surface area (TPSA) is 83.8 Å². The molecule has 0 radical (unpaired) electrons. The summed E-state index contributed by atoms with van der Waals surface area (Å²) in [5.74, 6) is -2.95. The minimum absolute atomic E-state index is 0.0365. The highest BCUT2D eigenvalue weighted by Gasteiger charge is 2.33. The van der Waals surface area contributed by atoms with E-state index in [1.54, 1.807) is 12.1 Å². The SMILES string of the molecule is CC(=O)OC(C)/C(C)=C/CC/C(C)=C/Cc1ccc(C(O)(O)C(=O)Cl)cc1. The Hall–Kier alpha value is -1.95. The van der Waals surface area contributed by atoms with Gasteiger partial charge in [0.25, 0.3) is 11.0 Å². The van der Waals surface area contributed by atoms with Crippen LogP contribution < -0.4 is 0 Å². The van der Waals surface area contributed by atoms with Crippen LogP contribution >= 0.6 is 11.6 Å². The quantitative estimate of drug-likeness (QED) is 0.288. The van der Waals surface area contributed by atoms with Gasteiger partial charge in [-0.3, -0.25) is 9.59 Å². The van der Waals surface area contributed by atoms with Crippen molar-refractivity contribution in [1.82, 2.24) is 0 Å². The molecular weight excluding hydrogens is 368 g/mol. The highest BCUT2D eigenvalue weighted by molar-refractivity contribution is 6.65. The van der Waals surface area contributed by atoms with Crippen molar-refractivity contribution in [2.75, 3.05) is 0 Å². The number of ether oxygens (including phenoxy) is 1. The second-order valence-corrected chi connectivity index (χ2v) is 6.98. The summed E-state index contributed by atoms with van der Waals surface area (Å²) >= 11 is 5.18. The molecule has 0 aromatic heterocycles. The first kappa shape index (κ1) is 23.1. The van der Waals surface area contributed by atoms with Gasteiger partial charge in [-0.15, -0.1) is 0 Å². The number of aliphatic hydroxyl groups is 2. The first-order valence-electron chi connectivity index (χ1n) is 8.77. The maximum absolute atomic E-state index is 11.0. The van der Waals surface area contributed by atoms with E-state index in [-0.39, 0.29) is 17.6 Å². The van der Waals surface area contributed by atoms with Gasteiger partial charge in [-0.25, -0.2) is 0 Å². The van der Waals surface area contributed by atoms with E-state index in [1.165, 1.54) is 24.6 Å². The van der Waals surface area contributed by atoms with Crippen LogP contribution in [0.5, 0.6) is 0 Å². The molecule has 0 heterocycles. The molecule has 1 aromatic carbocycles. The Kier molecular flexibility index (Phi) is 8.89. The van der Waals surface area contributed by atoms with Gasteiger partial charge in [-0.1, -0.05) is 42.0 Å². The molecule has 1 rings (SSSR count). The van der Waals surface area contributed by atoms with E-state index in [4.69, 9.17) is 16.3 Å². The van der Waals surface area contributed by atoms with Crippen LogP contribution in [0.1, 0.15) is 51.7 Å². The summed E-state index contributed by atoms with van der Waals surface area (Å²) < 4.78 is 5.14. The minimum atomic E-state index is -2.67. The molecule has 1 atom stereocenters. The number of carbonyl (C=O) groups is 2. The fraction of sp³-hybridized carbons (Fsp3) is 0.429. The molecule has 148 valence electrons. The highest BCUT2D eigenvalue weighted by atomic mass is 35.5. The number of carbonyl (C=O) groups excluding carboxylic acids is 2. The van der Waals surface area contributed by atoms with Crippen LogP contribution in [-0.2, 0) is 26.5 Å². The summed E-state index contributed by atoms with van der Waals surface area (Å²) in [7, 11) is 0. The van der Waals surface area contributed by atoms with Crippen molar-refractivity contribution in [3.05, 3.63) is 58.7 Å². The number of allylic oxidation sites excluding steroid dienone is 3. The molecular formula is C21H27ClO5. The number of hydrogen-bond donors (Lipinski definition) is 2. The van der Waals surface area contributed by atoms with Crippen LogP contribution in [0.15, 0.2) is 47.6 Å². The Bertz CT molecular complexity index is 717. The lowest BCUT2D eigenvalue weighted by Gasteiger charge is -2.17. The Balaban J connectivity index is 2.57. The highest BCUT2D eigenvalue weighted by Crippen LogP contribution is 2.21. The Morgan fingerprint density at radius 2 is 1.74 bits per heavy atom. The lowest BCUT2D eigenvalue weighted by atomic mass is 10.0. The van der Waals surface area contributed by atoms with Crippen molar-refractivity contribution in [3.63, 3.8) is 0 Å². The molecule has 27 heavy (non-hydrogen) atoms. The van der Waals surface area contributed by atoms with Crippen molar-refractivity contribution in [2.45, 2.75) is 58.8 Å².